The van der Waals surface area contributed by atoms with Crippen LogP contribution < -0.4 is 15.3 Å². The van der Waals surface area contributed by atoms with E-state index in [0.29, 0.717) is 29.8 Å². The summed E-state index contributed by atoms with van der Waals surface area (Å²) >= 11 is 0. The normalized spacial score (nSPS) is 18.1. The lowest BCUT2D eigenvalue weighted by Crippen LogP contribution is -2.59. The number of anilines is 1. The lowest BCUT2D eigenvalue weighted by Gasteiger charge is -2.44. The highest BCUT2D eigenvalue weighted by atomic mass is 16.5. The molecule has 10 nitrogen and oxygen atoms in total. The Morgan fingerprint density at radius 2 is 1.94 bits per heavy atom. The number of ether oxygens (including phenoxy) is 1. The van der Waals surface area contributed by atoms with Crippen molar-refractivity contribution in [2.45, 2.75) is 38.9 Å². The molecule has 1 aliphatic heterocycles. The van der Waals surface area contributed by atoms with Crippen molar-refractivity contribution < 1.29 is 14.6 Å². The topological polar surface area (TPSA) is 125 Å². The second-order valence-corrected chi connectivity index (χ2v) is 8.33. The molecular weight excluding hydrogens is 436 g/mol. The molecule has 2 atom stereocenters. The number of nitrogens with zero attached hydrogens (tertiary/aromatic N) is 6. The SMILES string of the molecule is CC[C@@H]1CN(c2nc(=O)n(Cc3ccc(OC)cc3)c3ccc(C#N)nc23)C(C)CN1C(=O)O. The fourth-order valence-corrected chi connectivity index (χ4v) is 4.39. The maximum atomic E-state index is 13.2. The van der Waals surface area contributed by atoms with E-state index in [2.05, 4.69) is 16.0 Å². The van der Waals surface area contributed by atoms with E-state index >= 15 is 0 Å². The van der Waals surface area contributed by atoms with Crippen LogP contribution in [0.1, 0.15) is 31.5 Å². The Hall–Kier alpha value is -4.13. The van der Waals surface area contributed by atoms with Gasteiger partial charge in [0.1, 0.15) is 23.0 Å². The first-order chi connectivity index (χ1) is 16.4. The molecule has 0 bridgehead atoms. The van der Waals surface area contributed by atoms with Gasteiger partial charge in [0.25, 0.3) is 0 Å². The second kappa shape index (κ2) is 9.39. The summed E-state index contributed by atoms with van der Waals surface area (Å²) in [5.74, 6) is 1.09. The van der Waals surface area contributed by atoms with Crippen LogP contribution in [-0.4, -0.2) is 62.9 Å². The van der Waals surface area contributed by atoms with Crippen molar-refractivity contribution in [2.75, 3.05) is 25.1 Å². The summed E-state index contributed by atoms with van der Waals surface area (Å²) in [6.07, 6.45) is -0.338. The van der Waals surface area contributed by atoms with Gasteiger partial charge in [-0.05, 0) is 43.2 Å². The number of piperazine rings is 1. The molecule has 3 aromatic rings. The number of benzene rings is 1. The molecule has 4 rings (SSSR count). The van der Waals surface area contributed by atoms with Crippen molar-refractivity contribution in [3.8, 4) is 11.8 Å². The lowest BCUT2D eigenvalue weighted by atomic mass is 10.1. The Morgan fingerprint density at radius 1 is 1.21 bits per heavy atom. The molecule has 0 spiro atoms. The Balaban J connectivity index is 1.82. The predicted molar refractivity (Wildman–Crippen MR) is 126 cm³/mol. The number of hydrogen-bond acceptors (Lipinski definition) is 7. The zero-order chi connectivity index (χ0) is 24.4. The average Bonchev–Trinajstić information content (AvgIpc) is 2.85. The molecule has 34 heavy (non-hydrogen) atoms. The number of methoxy groups -OCH3 is 1. The summed E-state index contributed by atoms with van der Waals surface area (Å²) in [4.78, 5) is 37.2. The van der Waals surface area contributed by atoms with Crippen molar-refractivity contribution in [3.05, 3.63) is 58.1 Å². The highest BCUT2D eigenvalue weighted by molar-refractivity contribution is 5.86. The van der Waals surface area contributed by atoms with E-state index < -0.39 is 11.8 Å². The van der Waals surface area contributed by atoms with Crippen LogP contribution in [0, 0.1) is 11.3 Å². The molecule has 2 aromatic heterocycles. The van der Waals surface area contributed by atoms with Crippen molar-refractivity contribution >= 4 is 22.9 Å². The number of carbonyl (C=O) groups is 1. The first-order valence-electron chi connectivity index (χ1n) is 11.1. The third-order valence-electron chi connectivity index (χ3n) is 6.25. The third-order valence-corrected chi connectivity index (χ3v) is 6.25. The smallest absolute Gasteiger partial charge is 0.407 e. The van der Waals surface area contributed by atoms with E-state index in [1.54, 1.807) is 19.2 Å². The molecular formula is C24H26N6O4. The van der Waals surface area contributed by atoms with Gasteiger partial charge in [0.05, 0.1) is 25.2 Å². The van der Waals surface area contributed by atoms with Gasteiger partial charge in [-0.2, -0.15) is 10.2 Å². The van der Waals surface area contributed by atoms with Crippen LogP contribution in [0.2, 0.25) is 0 Å². The molecule has 0 radical (unpaired) electrons. The summed E-state index contributed by atoms with van der Waals surface area (Å²) in [7, 11) is 1.59. The molecule has 1 aliphatic rings. The molecule has 1 aromatic carbocycles. The van der Waals surface area contributed by atoms with Gasteiger partial charge in [-0.1, -0.05) is 19.1 Å². The first-order valence-corrected chi connectivity index (χ1v) is 11.1. The molecule has 0 aliphatic carbocycles. The minimum atomic E-state index is -0.962. The number of carboxylic acid groups (broad SMARTS) is 1. The minimum Gasteiger partial charge on any atom is -0.497 e. The summed E-state index contributed by atoms with van der Waals surface area (Å²) in [6.45, 7) is 4.77. The van der Waals surface area contributed by atoms with Gasteiger partial charge < -0.3 is 19.6 Å². The lowest BCUT2D eigenvalue weighted by molar-refractivity contribution is 0.108. The molecule has 10 heteroatoms. The van der Waals surface area contributed by atoms with Gasteiger partial charge >= 0.3 is 11.8 Å². The highest BCUT2D eigenvalue weighted by Crippen LogP contribution is 2.28. The Labute approximate surface area is 196 Å². The Morgan fingerprint density at radius 3 is 2.56 bits per heavy atom. The number of aromatic nitrogens is 3. The van der Waals surface area contributed by atoms with Crippen molar-refractivity contribution in [2.24, 2.45) is 0 Å². The summed E-state index contributed by atoms with van der Waals surface area (Å²) in [5.41, 5.74) is 1.67. The molecule has 1 saturated heterocycles. The van der Waals surface area contributed by atoms with Crippen LogP contribution in [-0.2, 0) is 6.54 Å². The second-order valence-electron chi connectivity index (χ2n) is 8.33. The van der Waals surface area contributed by atoms with E-state index in [-0.39, 0.29) is 30.9 Å². The summed E-state index contributed by atoms with van der Waals surface area (Å²) in [5, 5.41) is 19.0. The van der Waals surface area contributed by atoms with Crippen LogP contribution >= 0.6 is 0 Å². The van der Waals surface area contributed by atoms with Crippen molar-refractivity contribution in [1.82, 2.24) is 19.4 Å². The molecule has 3 heterocycles. The van der Waals surface area contributed by atoms with Crippen LogP contribution in [0.15, 0.2) is 41.2 Å². The van der Waals surface area contributed by atoms with E-state index in [9.17, 15) is 20.0 Å². The number of pyridine rings is 1. The number of fused-ring (bicyclic) bond motifs is 1. The largest absolute Gasteiger partial charge is 0.497 e. The van der Waals surface area contributed by atoms with E-state index in [4.69, 9.17) is 4.74 Å². The molecule has 176 valence electrons. The fourth-order valence-electron chi connectivity index (χ4n) is 4.39. The van der Waals surface area contributed by atoms with Gasteiger partial charge in [0.2, 0.25) is 0 Å². The van der Waals surface area contributed by atoms with Gasteiger partial charge in [0, 0.05) is 19.1 Å². The van der Waals surface area contributed by atoms with Crippen LogP contribution in [0.5, 0.6) is 5.75 Å². The minimum absolute atomic E-state index is 0.217. The van der Waals surface area contributed by atoms with Gasteiger partial charge in [0.15, 0.2) is 5.82 Å². The monoisotopic (exact) mass is 462 g/mol. The number of nitriles is 1. The van der Waals surface area contributed by atoms with Crippen LogP contribution in [0.3, 0.4) is 0 Å². The molecule has 1 fully saturated rings. The number of rotatable bonds is 5. The van der Waals surface area contributed by atoms with Crippen LogP contribution in [0.4, 0.5) is 10.6 Å². The fraction of sp³-hybridized carbons (Fsp3) is 0.375. The summed E-state index contributed by atoms with van der Waals surface area (Å²) in [6, 6.07) is 12.3. The van der Waals surface area contributed by atoms with E-state index in [1.807, 2.05) is 43.0 Å². The van der Waals surface area contributed by atoms with Gasteiger partial charge in [-0.15, -0.1) is 0 Å². The average molecular weight is 463 g/mol. The molecule has 0 saturated carbocycles. The molecule has 1 unspecified atom stereocenters. The molecule has 1 N–H and O–H groups in total. The zero-order valence-corrected chi connectivity index (χ0v) is 19.3. The first kappa shape index (κ1) is 23.0. The number of amides is 1. The van der Waals surface area contributed by atoms with Crippen molar-refractivity contribution in [1.29, 1.82) is 5.26 Å². The highest BCUT2D eigenvalue weighted by Gasteiger charge is 2.35. The van der Waals surface area contributed by atoms with Gasteiger partial charge in [-0.3, -0.25) is 4.57 Å². The summed E-state index contributed by atoms with van der Waals surface area (Å²) < 4.78 is 6.74. The zero-order valence-electron chi connectivity index (χ0n) is 19.3. The number of hydrogen-bond donors (Lipinski definition) is 1. The van der Waals surface area contributed by atoms with E-state index in [1.165, 1.54) is 9.47 Å². The third kappa shape index (κ3) is 4.24. The van der Waals surface area contributed by atoms with Gasteiger partial charge in [-0.25, -0.2) is 14.6 Å². The van der Waals surface area contributed by atoms with E-state index in [0.717, 1.165) is 11.3 Å². The van der Waals surface area contributed by atoms with Crippen LogP contribution in [0.25, 0.3) is 11.0 Å². The quantitative estimate of drug-likeness (QED) is 0.614. The standard InChI is InChI=1S/C24H26N6O4/c1-4-18-14-28(15(2)12-29(18)24(32)33)22-21-20(10-7-17(11-25)26-21)30(23(31)27-22)13-16-5-8-19(34-3)9-6-16/h5-10,15,18H,4,12-14H2,1-3H3,(H,32,33)/t15?,18-/m1/s1. The van der Waals surface area contributed by atoms with Crippen molar-refractivity contribution in [3.63, 3.8) is 0 Å². The predicted octanol–water partition coefficient (Wildman–Crippen LogP) is 2.69. The maximum absolute atomic E-state index is 13.2. The maximum Gasteiger partial charge on any atom is 0.407 e. The Kier molecular flexibility index (Phi) is 6.36. The molecule has 1 amide bonds. The Bertz CT molecular complexity index is 1310.